The Morgan fingerprint density at radius 2 is 1.70 bits per heavy atom. The summed E-state index contributed by atoms with van der Waals surface area (Å²) < 4.78 is 11.0. The maximum atomic E-state index is 12.5. The Morgan fingerprint density at radius 1 is 0.967 bits per heavy atom. The Balaban J connectivity index is 0.00000256. The zero-order chi connectivity index (χ0) is 19.9. The summed E-state index contributed by atoms with van der Waals surface area (Å²) in [5, 5.41) is 4.11. The molecule has 1 aromatic heterocycles. The van der Waals surface area contributed by atoms with Gasteiger partial charge < -0.3 is 14.2 Å². The quantitative estimate of drug-likeness (QED) is 0.600. The molecule has 1 amide bonds. The van der Waals surface area contributed by atoms with Crippen molar-refractivity contribution >= 4 is 18.3 Å². The first-order valence-electron chi connectivity index (χ1n) is 9.84. The number of hydrogen-bond acceptors (Lipinski definition) is 6. The fourth-order valence-corrected chi connectivity index (χ4v) is 3.35. The Kier molecular flexibility index (Phi) is 7.82. The van der Waals surface area contributed by atoms with Crippen LogP contribution in [-0.2, 0) is 11.3 Å². The predicted molar refractivity (Wildman–Crippen MR) is 115 cm³/mol. The molecule has 0 unspecified atom stereocenters. The third-order valence-corrected chi connectivity index (χ3v) is 4.90. The van der Waals surface area contributed by atoms with Crippen LogP contribution in [0.3, 0.4) is 0 Å². The third-order valence-electron chi connectivity index (χ3n) is 4.90. The molecule has 8 heteroatoms. The smallest absolute Gasteiger partial charge is 0.260 e. The zero-order valence-electron chi connectivity index (χ0n) is 16.6. The van der Waals surface area contributed by atoms with Crippen LogP contribution in [0.4, 0.5) is 0 Å². The molecule has 1 aliphatic rings. The van der Waals surface area contributed by atoms with Crippen LogP contribution in [-0.4, -0.2) is 58.6 Å². The molecule has 0 bridgehead atoms. The standard InChI is InChI=1S/C22H24N4O3.ClH/c27-21(17-28-19-10-5-2-6-11-19)26-13-7-12-25(14-15-26)16-20-23-22(29-24-20)18-8-3-1-4-9-18;/h1-6,8-11H,7,12-17H2;1H. The third kappa shape index (κ3) is 5.81. The number of benzene rings is 2. The van der Waals surface area contributed by atoms with Crippen molar-refractivity contribution in [3.8, 4) is 17.2 Å². The molecule has 0 atom stereocenters. The van der Waals surface area contributed by atoms with E-state index in [0.717, 1.165) is 31.6 Å². The van der Waals surface area contributed by atoms with E-state index in [-0.39, 0.29) is 24.9 Å². The van der Waals surface area contributed by atoms with E-state index < -0.39 is 0 Å². The minimum atomic E-state index is 0. The highest BCUT2D eigenvalue weighted by Crippen LogP contribution is 2.17. The van der Waals surface area contributed by atoms with Crippen LogP contribution in [0.25, 0.3) is 11.5 Å². The molecule has 4 rings (SSSR count). The molecule has 1 saturated heterocycles. The Morgan fingerprint density at radius 3 is 2.47 bits per heavy atom. The van der Waals surface area contributed by atoms with Crippen molar-refractivity contribution in [1.29, 1.82) is 0 Å². The van der Waals surface area contributed by atoms with Gasteiger partial charge in [0.2, 0.25) is 0 Å². The van der Waals surface area contributed by atoms with Gasteiger partial charge in [0.15, 0.2) is 12.4 Å². The average molecular weight is 429 g/mol. The van der Waals surface area contributed by atoms with Crippen molar-refractivity contribution in [3.63, 3.8) is 0 Å². The lowest BCUT2D eigenvalue weighted by Gasteiger charge is -2.21. The predicted octanol–water partition coefficient (Wildman–Crippen LogP) is 3.27. The molecular formula is C22H25ClN4O3. The molecule has 7 nitrogen and oxygen atoms in total. The second kappa shape index (κ2) is 10.8. The van der Waals surface area contributed by atoms with Crippen LogP contribution < -0.4 is 4.74 Å². The molecule has 1 aliphatic heterocycles. The van der Waals surface area contributed by atoms with Crippen LogP contribution in [0, 0.1) is 0 Å². The first-order chi connectivity index (χ1) is 14.3. The Labute approximate surface area is 182 Å². The second-order valence-corrected chi connectivity index (χ2v) is 6.99. The molecule has 3 aromatic rings. The van der Waals surface area contributed by atoms with Crippen molar-refractivity contribution in [2.75, 3.05) is 32.8 Å². The highest BCUT2D eigenvalue weighted by molar-refractivity contribution is 5.85. The fourth-order valence-electron chi connectivity index (χ4n) is 3.35. The first kappa shape index (κ1) is 21.8. The molecule has 0 saturated carbocycles. The molecular weight excluding hydrogens is 404 g/mol. The van der Waals surface area contributed by atoms with Crippen molar-refractivity contribution < 1.29 is 14.1 Å². The number of carbonyl (C=O) groups is 1. The van der Waals surface area contributed by atoms with Crippen molar-refractivity contribution in [2.24, 2.45) is 0 Å². The maximum Gasteiger partial charge on any atom is 0.260 e. The molecule has 1 fully saturated rings. The van der Waals surface area contributed by atoms with Gasteiger partial charge in [0.1, 0.15) is 5.75 Å². The summed E-state index contributed by atoms with van der Waals surface area (Å²) in [5.74, 6) is 1.92. The average Bonchev–Trinajstić information content (AvgIpc) is 3.11. The molecule has 158 valence electrons. The summed E-state index contributed by atoms with van der Waals surface area (Å²) in [6.45, 7) is 3.73. The lowest BCUT2D eigenvalue weighted by atomic mass is 10.2. The number of amides is 1. The Hall–Kier alpha value is -2.90. The normalized spacial score (nSPS) is 14.6. The van der Waals surface area contributed by atoms with Crippen LogP contribution in [0.2, 0.25) is 0 Å². The first-order valence-corrected chi connectivity index (χ1v) is 9.84. The zero-order valence-corrected chi connectivity index (χ0v) is 17.5. The minimum absolute atomic E-state index is 0. The van der Waals surface area contributed by atoms with Gasteiger partial charge in [-0.15, -0.1) is 12.4 Å². The molecule has 30 heavy (non-hydrogen) atoms. The summed E-state index contributed by atoms with van der Waals surface area (Å²) in [7, 11) is 0. The van der Waals surface area contributed by atoms with E-state index in [9.17, 15) is 4.79 Å². The summed E-state index contributed by atoms with van der Waals surface area (Å²) >= 11 is 0. The van der Waals surface area contributed by atoms with E-state index in [1.807, 2.05) is 65.6 Å². The SMILES string of the molecule is Cl.O=C(COc1ccccc1)N1CCCN(Cc2noc(-c3ccccc3)n2)CC1. The number of aromatic nitrogens is 2. The van der Waals surface area contributed by atoms with E-state index in [0.29, 0.717) is 30.6 Å². The van der Waals surface area contributed by atoms with Crippen molar-refractivity contribution in [1.82, 2.24) is 19.9 Å². The maximum absolute atomic E-state index is 12.5. The number of nitrogens with zero attached hydrogens (tertiary/aromatic N) is 4. The summed E-state index contributed by atoms with van der Waals surface area (Å²) in [6, 6.07) is 19.2. The van der Waals surface area contributed by atoms with Gasteiger partial charge in [-0.25, -0.2) is 0 Å². The topological polar surface area (TPSA) is 71.7 Å². The van der Waals surface area contributed by atoms with E-state index in [2.05, 4.69) is 15.0 Å². The van der Waals surface area contributed by atoms with Crippen molar-refractivity contribution in [3.05, 3.63) is 66.5 Å². The van der Waals surface area contributed by atoms with Crippen molar-refractivity contribution in [2.45, 2.75) is 13.0 Å². The summed E-state index contributed by atoms with van der Waals surface area (Å²) in [5.41, 5.74) is 0.914. The summed E-state index contributed by atoms with van der Waals surface area (Å²) in [4.78, 5) is 21.1. The molecule has 0 radical (unpaired) electrons. The highest BCUT2D eigenvalue weighted by atomic mass is 35.5. The van der Waals surface area contributed by atoms with Crippen LogP contribution in [0.15, 0.2) is 65.2 Å². The van der Waals surface area contributed by atoms with Gasteiger partial charge in [-0.2, -0.15) is 4.98 Å². The lowest BCUT2D eigenvalue weighted by Crippen LogP contribution is -2.38. The number of ether oxygens (including phenoxy) is 1. The number of hydrogen-bond donors (Lipinski definition) is 0. The second-order valence-electron chi connectivity index (χ2n) is 6.99. The number of para-hydroxylation sites is 1. The van der Waals surface area contributed by atoms with E-state index >= 15 is 0 Å². The molecule has 0 N–H and O–H groups in total. The van der Waals surface area contributed by atoms with E-state index in [1.54, 1.807) is 0 Å². The van der Waals surface area contributed by atoms with Gasteiger partial charge in [0.25, 0.3) is 11.8 Å². The number of carbonyl (C=O) groups excluding carboxylic acids is 1. The number of halogens is 1. The monoisotopic (exact) mass is 428 g/mol. The van der Waals surface area contributed by atoms with Gasteiger partial charge in [-0.1, -0.05) is 41.6 Å². The largest absolute Gasteiger partial charge is 0.484 e. The molecule has 2 heterocycles. The minimum Gasteiger partial charge on any atom is -0.484 e. The lowest BCUT2D eigenvalue weighted by molar-refractivity contribution is -0.133. The van der Waals surface area contributed by atoms with Gasteiger partial charge in [-0.05, 0) is 30.7 Å². The van der Waals surface area contributed by atoms with E-state index in [1.165, 1.54) is 0 Å². The summed E-state index contributed by atoms with van der Waals surface area (Å²) in [6.07, 6.45) is 0.903. The van der Waals surface area contributed by atoms with Crippen LogP contribution in [0.5, 0.6) is 5.75 Å². The van der Waals surface area contributed by atoms with Gasteiger partial charge >= 0.3 is 0 Å². The highest BCUT2D eigenvalue weighted by Gasteiger charge is 2.21. The van der Waals surface area contributed by atoms with Crippen LogP contribution >= 0.6 is 12.4 Å². The molecule has 2 aromatic carbocycles. The fraction of sp³-hybridized carbons (Fsp3) is 0.318. The molecule has 0 spiro atoms. The Bertz CT molecular complexity index is 920. The number of rotatable bonds is 6. The van der Waals surface area contributed by atoms with Crippen LogP contribution in [0.1, 0.15) is 12.2 Å². The van der Waals surface area contributed by atoms with Gasteiger partial charge in [0, 0.05) is 31.7 Å². The van der Waals surface area contributed by atoms with Gasteiger partial charge in [-0.3, -0.25) is 9.69 Å². The molecule has 0 aliphatic carbocycles. The van der Waals surface area contributed by atoms with Gasteiger partial charge in [0.05, 0.1) is 6.54 Å². The van der Waals surface area contributed by atoms with E-state index in [4.69, 9.17) is 9.26 Å².